The number of Topliss-reactive ketones (excluding diaryl/α,β-unsaturated/α-hetero) is 1. The molecule has 1 aliphatic heterocycles. The standard InChI is InChI=1S/C29H30N2O4/c1-17(2)21-8-10-22(11-9-21)26-25(27(32)23-13-19(4)24(35-5)14-18(23)3)28(33)29(34)31(26)16-20-7-6-12-30-15-20/h6-15,17,26,32H,16H2,1-5H3/b27-25+. The summed E-state index contributed by atoms with van der Waals surface area (Å²) < 4.78 is 5.40. The highest BCUT2D eigenvalue weighted by Crippen LogP contribution is 2.41. The third-order valence-corrected chi connectivity index (χ3v) is 6.53. The van der Waals surface area contributed by atoms with E-state index in [1.807, 2.05) is 50.2 Å². The Morgan fingerprint density at radius 2 is 1.80 bits per heavy atom. The van der Waals surface area contributed by atoms with Crippen molar-refractivity contribution < 1.29 is 19.4 Å². The number of methoxy groups -OCH3 is 1. The Morgan fingerprint density at radius 3 is 2.40 bits per heavy atom. The molecule has 0 radical (unpaired) electrons. The zero-order valence-corrected chi connectivity index (χ0v) is 20.7. The van der Waals surface area contributed by atoms with Crippen molar-refractivity contribution in [1.29, 1.82) is 0 Å². The van der Waals surface area contributed by atoms with Crippen LogP contribution in [0.2, 0.25) is 0 Å². The van der Waals surface area contributed by atoms with Gasteiger partial charge in [-0.15, -0.1) is 0 Å². The molecule has 1 aromatic heterocycles. The molecule has 6 heteroatoms. The number of likely N-dealkylation sites (tertiary alicyclic amines) is 1. The van der Waals surface area contributed by atoms with Crippen molar-refractivity contribution in [3.8, 4) is 5.75 Å². The van der Waals surface area contributed by atoms with Crippen molar-refractivity contribution in [2.45, 2.75) is 46.2 Å². The number of pyridine rings is 1. The number of ketones is 1. The highest BCUT2D eigenvalue weighted by atomic mass is 16.5. The molecule has 0 aliphatic carbocycles. The number of carbonyl (C=O) groups is 2. The number of benzene rings is 2. The second kappa shape index (κ2) is 9.74. The van der Waals surface area contributed by atoms with Gasteiger partial charge in [0.2, 0.25) is 0 Å². The molecule has 2 aromatic carbocycles. The SMILES string of the molecule is COc1cc(C)c(/C(O)=C2\C(=O)C(=O)N(Cc3cccnc3)C2c2ccc(C(C)C)cc2)cc1C. The third-order valence-electron chi connectivity index (χ3n) is 6.53. The molecule has 1 atom stereocenters. The van der Waals surface area contributed by atoms with Gasteiger partial charge in [0, 0.05) is 24.5 Å². The van der Waals surface area contributed by atoms with Crippen LogP contribution in [0.15, 0.2) is 66.5 Å². The molecule has 2 heterocycles. The maximum Gasteiger partial charge on any atom is 0.295 e. The molecular weight excluding hydrogens is 440 g/mol. The van der Waals surface area contributed by atoms with Crippen LogP contribution >= 0.6 is 0 Å². The Labute approximate surface area is 205 Å². The molecule has 35 heavy (non-hydrogen) atoms. The summed E-state index contributed by atoms with van der Waals surface area (Å²) in [6.07, 6.45) is 3.34. The predicted octanol–water partition coefficient (Wildman–Crippen LogP) is 5.45. The second-order valence-corrected chi connectivity index (χ2v) is 9.25. The lowest BCUT2D eigenvalue weighted by Gasteiger charge is -2.26. The predicted molar refractivity (Wildman–Crippen MR) is 135 cm³/mol. The van der Waals surface area contributed by atoms with E-state index in [4.69, 9.17) is 4.74 Å². The van der Waals surface area contributed by atoms with Crippen LogP contribution in [0, 0.1) is 13.8 Å². The number of carbonyl (C=O) groups excluding carboxylic acids is 2. The summed E-state index contributed by atoms with van der Waals surface area (Å²) in [4.78, 5) is 32.3. The van der Waals surface area contributed by atoms with E-state index in [1.54, 1.807) is 31.6 Å². The second-order valence-electron chi connectivity index (χ2n) is 9.25. The number of aliphatic hydroxyl groups excluding tert-OH is 1. The van der Waals surface area contributed by atoms with Gasteiger partial charge in [-0.2, -0.15) is 0 Å². The number of hydrogen-bond acceptors (Lipinski definition) is 5. The van der Waals surface area contributed by atoms with E-state index in [-0.39, 0.29) is 17.9 Å². The number of hydrogen-bond donors (Lipinski definition) is 1. The van der Waals surface area contributed by atoms with Gasteiger partial charge in [-0.05, 0) is 65.8 Å². The van der Waals surface area contributed by atoms with Gasteiger partial charge in [0.15, 0.2) is 0 Å². The largest absolute Gasteiger partial charge is 0.507 e. The van der Waals surface area contributed by atoms with Crippen molar-refractivity contribution >= 4 is 17.4 Å². The Hall–Kier alpha value is -3.93. The molecule has 1 unspecified atom stereocenters. The van der Waals surface area contributed by atoms with Crippen LogP contribution in [0.4, 0.5) is 0 Å². The number of aromatic nitrogens is 1. The van der Waals surface area contributed by atoms with Gasteiger partial charge in [-0.3, -0.25) is 14.6 Å². The lowest BCUT2D eigenvalue weighted by atomic mass is 9.91. The van der Waals surface area contributed by atoms with Crippen LogP contribution < -0.4 is 4.74 Å². The normalized spacial score (nSPS) is 17.3. The van der Waals surface area contributed by atoms with E-state index in [0.29, 0.717) is 17.2 Å². The smallest absolute Gasteiger partial charge is 0.295 e. The Morgan fingerprint density at radius 1 is 1.09 bits per heavy atom. The van der Waals surface area contributed by atoms with Crippen LogP contribution in [-0.2, 0) is 16.1 Å². The van der Waals surface area contributed by atoms with E-state index in [2.05, 4.69) is 18.8 Å². The van der Waals surface area contributed by atoms with Gasteiger partial charge in [0.25, 0.3) is 11.7 Å². The van der Waals surface area contributed by atoms with Gasteiger partial charge in [-0.1, -0.05) is 44.2 Å². The molecular formula is C29H30N2O4. The topological polar surface area (TPSA) is 79.7 Å². The number of amides is 1. The van der Waals surface area contributed by atoms with Crippen molar-refractivity contribution in [2.75, 3.05) is 7.11 Å². The van der Waals surface area contributed by atoms with Crippen LogP contribution in [0.1, 0.15) is 59.2 Å². The fourth-order valence-electron chi connectivity index (χ4n) is 4.55. The minimum absolute atomic E-state index is 0.0869. The van der Waals surface area contributed by atoms with Crippen LogP contribution in [0.3, 0.4) is 0 Å². The molecule has 180 valence electrons. The van der Waals surface area contributed by atoms with E-state index in [9.17, 15) is 14.7 Å². The fourth-order valence-corrected chi connectivity index (χ4v) is 4.55. The molecule has 1 N–H and O–H groups in total. The van der Waals surface area contributed by atoms with E-state index in [0.717, 1.165) is 27.8 Å². The number of aliphatic hydroxyl groups is 1. The van der Waals surface area contributed by atoms with Crippen molar-refractivity contribution in [1.82, 2.24) is 9.88 Å². The first-order valence-electron chi connectivity index (χ1n) is 11.7. The maximum atomic E-state index is 13.3. The van der Waals surface area contributed by atoms with Crippen LogP contribution in [-0.4, -0.2) is 33.8 Å². The summed E-state index contributed by atoms with van der Waals surface area (Å²) in [6.45, 7) is 8.14. The minimum Gasteiger partial charge on any atom is -0.507 e. The number of ether oxygens (including phenoxy) is 1. The number of aryl methyl sites for hydroxylation is 2. The summed E-state index contributed by atoms with van der Waals surface area (Å²) >= 11 is 0. The maximum absolute atomic E-state index is 13.3. The molecule has 3 aromatic rings. The van der Waals surface area contributed by atoms with Crippen molar-refractivity contribution in [3.05, 3.63) is 99.9 Å². The van der Waals surface area contributed by atoms with Gasteiger partial charge >= 0.3 is 0 Å². The first-order chi connectivity index (χ1) is 16.7. The molecule has 1 saturated heterocycles. The molecule has 1 aliphatic rings. The van der Waals surface area contributed by atoms with E-state index >= 15 is 0 Å². The van der Waals surface area contributed by atoms with Gasteiger partial charge < -0.3 is 14.7 Å². The Balaban J connectivity index is 1.89. The highest BCUT2D eigenvalue weighted by molar-refractivity contribution is 6.46. The van der Waals surface area contributed by atoms with Gasteiger partial charge in [-0.25, -0.2) is 0 Å². The average molecular weight is 471 g/mol. The number of nitrogens with zero attached hydrogens (tertiary/aromatic N) is 2. The first kappa shape index (κ1) is 24.2. The van der Waals surface area contributed by atoms with Crippen LogP contribution in [0.25, 0.3) is 5.76 Å². The Bertz CT molecular complexity index is 1290. The summed E-state index contributed by atoms with van der Waals surface area (Å²) in [5, 5.41) is 11.5. The lowest BCUT2D eigenvalue weighted by Crippen LogP contribution is -2.29. The molecule has 0 spiro atoms. The van der Waals surface area contributed by atoms with Crippen molar-refractivity contribution in [2.24, 2.45) is 0 Å². The fraction of sp³-hybridized carbons (Fsp3) is 0.276. The zero-order chi connectivity index (χ0) is 25.3. The van der Waals surface area contributed by atoms with E-state index in [1.165, 1.54) is 4.90 Å². The molecule has 4 rings (SSSR count). The molecule has 1 fully saturated rings. The minimum atomic E-state index is -0.724. The van der Waals surface area contributed by atoms with E-state index < -0.39 is 17.7 Å². The number of rotatable bonds is 6. The average Bonchev–Trinajstić information content (AvgIpc) is 3.10. The molecule has 6 nitrogen and oxygen atoms in total. The van der Waals surface area contributed by atoms with Crippen LogP contribution in [0.5, 0.6) is 5.75 Å². The third kappa shape index (κ3) is 4.56. The summed E-state index contributed by atoms with van der Waals surface area (Å²) in [6, 6.07) is 14.4. The Kier molecular flexibility index (Phi) is 6.74. The molecule has 0 saturated carbocycles. The van der Waals surface area contributed by atoms with Crippen molar-refractivity contribution in [3.63, 3.8) is 0 Å². The molecule has 0 bridgehead atoms. The summed E-state index contributed by atoms with van der Waals surface area (Å²) in [7, 11) is 1.59. The monoisotopic (exact) mass is 470 g/mol. The quantitative estimate of drug-likeness (QED) is 0.294. The zero-order valence-electron chi connectivity index (χ0n) is 20.7. The summed E-state index contributed by atoms with van der Waals surface area (Å²) in [5.41, 5.74) is 4.88. The first-order valence-corrected chi connectivity index (χ1v) is 11.7. The molecule has 1 amide bonds. The lowest BCUT2D eigenvalue weighted by molar-refractivity contribution is -0.140. The van der Waals surface area contributed by atoms with Gasteiger partial charge in [0.1, 0.15) is 11.5 Å². The summed E-state index contributed by atoms with van der Waals surface area (Å²) in [5.74, 6) is -0.487. The highest BCUT2D eigenvalue weighted by Gasteiger charge is 2.46. The van der Waals surface area contributed by atoms with Gasteiger partial charge in [0.05, 0.1) is 18.7 Å².